The second kappa shape index (κ2) is 6.51. The predicted molar refractivity (Wildman–Crippen MR) is 72.4 cm³/mol. The van der Waals surface area contributed by atoms with Crippen LogP contribution < -0.4 is 0 Å². The number of non-ortho nitro benzene ring substituents is 1. The van der Waals surface area contributed by atoms with Gasteiger partial charge in [0.05, 0.1) is 17.1 Å². The average molecular weight is 274 g/mol. The van der Waals surface area contributed by atoms with Gasteiger partial charge in [-0.05, 0) is 30.7 Å². The lowest BCUT2D eigenvalue weighted by Gasteiger charge is -2.05. The first-order chi connectivity index (χ1) is 9.66. The largest absolute Gasteiger partial charge is 0.462 e. The average Bonchev–Trinajstić information content (AvgIpc) is 2.96. The molecule has 0 radical (unpaired) electrons. The molecule has 1 heterocycles. The van der Waals surface area contributed by atoms with E-state index < -0.39 is 10.9 Å². The zero-order valence-corrected chi connectivity index (χ0v) is 10.8. The Morgan fingerprint density at radius 1 is 1.20 bits per heavy atom. The van der Waals surface area contributed by atoms with Gasteiger partial charge >= 0.3 is 5.97 Å². The van der Waals surface area contributed by atoms with Crippen molar-refractivity contribution in [1.29, 1.82) is 0 Å². The summed E-state index contributed by atoms with van der Waals surface area (Å²) in [4.78, 5) is 21.7. The number of hydrogen-bond donors (Lipinski definition) is 0. The molecule has 0 saturated heterocycles. The minimum absolute atomic E-state index is 0.0471. The number of nitro groups is 1. The van der Waals surface area contributed by atoms with Crippen molar-refractivity contribution >= 4 is 11.7 Å². The third-order valence-electron chi connectivity index (χ3n) is 2.77. The summed E-state index contributed by atoms with van der Waals surface area (Å²) in [6, 6.07) is 9.23. The van der Waals surface area contributed by atoms with E-state index in [9.17, 15) is 14.9 Å². The molecule has 0 saturated carbocycles. The third-order valence-corrected chi connectivity index (χ3v) is 2.77. The zero-order chi connectivity index (χ0) is 14.4. The second-order valence-electron chi connectivity index (χ2n) is 4.21. The highest BCUT2D eigenvalue weighted by Gasteiger charge is 2.10. The van der Waals surface area contributed by atoms with Crippen LogP contribution in [0.3, 0.4) is 0 Å². The maximum atomic E-state index is 11.7. The Balaban J connectivity index is 1.78. The maximum absolute atomic E-state index is 11.7. The van der Waals surface area contributed by atoms with Crippen molar-refractivity contribution < 1.29 is 14.5 Å². The fourth-order valence-electron chi connectivity index (χ4n) is 1.73. The second-order valence-corrected chi connectivity index (χ2v) is 4.21. The van der Waals surface area contributed by atoms with E-state index in [0.717, 1.165) is 6.54 Å². The van der Waals surface area contributed by atoms with E-state index in [1.165, 1.54) is 24.3 Å². The van der Waals surface area contributed by atoms with Crippen molar-refractivity contribution in [3.63, 3.8) is 0 Å². The molecule has 0 amide bonds. The number of aryl methyl sites for hydroxylation is 1. The van der Waals surface area contributed by atoms with Crippen molar-refractivity contribution in [3.05, 3.63) is 64.5 Å². The number of ether oxygens (including phenoxy) is 1. The maximum Gasteiger partial charge on any atom is 0.338 e. The molecule has 0 aliphatic carbocycles. The number of aromatic nitrogens is 1. The van der Waals surface area contributed by atoms with Crippen molar-refractivity contribution in [2.45, 2.75) is 13.0 Å². The standard InChI is InChI=1S/C14H14N2O4/c17-14(12-4-6-13(7-5-12)16(18)19)20-11-3-10-15-8-1-2-9-15/h1-2,4-9H,3,10-11H2. The summed E-state index contributed by atoms with van der Waals surface area (Å²) in [7, 11) is 0. The number of hydrogen-bond acceptors (Lipinski definition) is 4. The van der Waals surface area contributed by atoms with Crippen LogP contribution in [0, 0.1) is 10.1 Å². The normalized spacial score (nSPS) is 10.2. The molecule has 0 unspecified atom stereocenters. The molecule has 0 atom stereocenters. The number of nitro benzene ring substituents is 1. The lowest BCUT2D eigenvalue weighted by atomic mass is 10.2. The number of esters is 1. The molecular weight excluding hydrogens is 260 g/mol. The van der Waals surface area contributed by atoms with Crippen LogP contribution in [0.5, 0.6) is 0 Å². The summed E-state index contributed by atoms with van der Waals surface area (Å²) in [6.07, 6.45) is 4.60. The van der Waals surface area contributed by atoms with Crippen LogP contribution in [-0.2, 0) is 11.3 Å². The molecule has 2 rings (SSSR count). The van der Waals surface area contributed by atoms with Crippen molar-refractivity contribution in [1.82, 2.24) is 4.57 Å². The highest BCUT2D eigenvalue weighted by molar-refractivity contribution is 5.89. The fraction of sp³-hybridized carbons (Fsp3) is 0.214. The summed E-state index contributed by atoms with van der Waals surface area (Å²) in [6.45, 7) is 1.09. The summed E-state index contributed by atoms with van der Waals surface area (Å²) >= 11 is 0. The van der Waals surface area contributed by atoms with Gasteiger partial charge in [0.2, 0.25) is 0 Å². The van der Waals surface area contributed by atoms with E-state index >= 15 is 0 Å². The predicted octanol–water partition coefficient (Wildman–Crippen LogP) is 2.64. The van der Waals surface area contributed by atoms with Gasteiger partial charge in [0, 0.05) is 31.1 Å². The Morgan fingerprint density at radius 2 is 1.85 bits per heavy atom. The monoisotopic (exact) mass is 274 g/mol. The van der Waals surface area contributed by atoms with Crippen LogP contribution in [0.2, 0.25) is 0 Å². The van der Waals surface area contributed by atoms with Crippen molar-refractivity contribution in [2.24, 2.45) is 0 Å². The van der Waals surface area contributed by atoms with E-state index in [4.69, 9.17) is 4.74 Å². The molecule has 0 aliphatic heterocycles. The van der Waals surface area contributed by atoms with Gasteiger partial charge in [-0.2, -0.15) is 0 Å². The summed E-state index contributed by atoms with van der Waals surface area (Å²) in [5, 5.41) is 10.5. The molecule has 1 aromatic heterocycles. The number of carbonyl (C=O) groups is 1. The van der Waals surface area contributed by atoms with Gasteiger partial charge in [0.25, 0.3) is 5.69 Å². The summed E-state index contributed by atoms with van der Waals surface area (Å²) in [5.74, 6) is -0.465. The van der Waals surface area contributed by atoms with Crippen LogP contribution in [0.25, 0.3) is 0 Å². The Morgan fingerprint density at radius 3 is 2.45 bits per heavy atom. The van der Waals surface area contributed by atoms with Gasteiger partial charge in [-0.3, -0.25) is 10.1 Å². The summed E-state index contributed by atoms with van der Waals surface area (Å²) in [5.41, 5.74) is 0.269. The molecule has 0 spiro atoms. The van der Waals surface area contributed by atoms with Crippen LogP contribution in [0.1, 0.15) is 16.8 Å². The minimum Gasteiger partial charge on any atom is -0.462 e. The lowest BCUT2D eigenvalue weighted by molar-refractivity contribution is -0.384. The van der Waals surface area contributed by atoms with Crippen LogP contribution >= 0.6 is 0 Å². The first-order valence-electron chi connectivity index (χ1n) is 6.19. The first kappa shape index (κ1) is 13.8. The van der Waals surface area contributed by atoms with Gasteiger partial charge in [0.1, 0.15) is 0 Å². The molecule has 0 bridgehead atoms. The number of carbonyl (C=O) groups excluding carboxylic acids is 1. The molecule has 0 fully saturated rings. The molecule has 1 aromatic carbocycles. The molecule has 20 heavy (non-hydrogen) atoms. The van der Waals surface area contributed by atoms with E-state index in [0.29, 0.717) is 18.6 Å². The molecule has 2 aromatic rings. The highest BCUT2D eigenvalue weighted by atomic mass is 16.6. The number of nitrogens with zero attached hydrogens (tertiary/aromatic N) is 2. The molecule has 104 valence electrons. The Bertz CT molecular complexity index is 576. The molecule has 0 aliphatic rings. The first-order valence-corrected chi connectivity index (χ1v) is 6.19. The fourth-order valence-corrected chi connectivity index (χ4v) is 1.73. The third kappa shape index (κ3) is 3.68. The topological polar surface area (TPSA) is 74.4 Å². The smallest absolute Gasteiger partial charge is 0.338 e. The van der Waals surface area contributed by atoms with Gasteiger partial charge in [0.15, 0.2) is 0 Å². The summed E-state index contributed by atoms with van der Waals surface area (Å²) < 4.78 is 7.10. The van der Waals surface area contributed by atoms with Crippen molar-refractivity contribution in [2.75, 3.05) is 6.61 Å². The van der Waals surface area contributed by atoms with Crippen LogP contribution in [0.4, 0.5) is 5.69 Å². The van der Waals surface area contributed by atoms with E-state index in [-0.39, 0.29) is 5.69 Å². The molecular formula is C14H14N2O4. The molecule has 6 heteroatoms. The Kier molecular flexibility index (Phi) is 4.49. The lowest BCUT2D eigenvalue weighted by Crippen LogP contribution is -2.08. The Hall–Kier alpha value is -2.63. The van der Waals surface area contributed by atoms with Gasteiger partial charge in [-0.25, -0.2) is 4.79 Å². The van der Waals surface area contributed by atoms with E-state index in [1.807, 2.05) is 29.1 Å². The zero-order valence-electron chi connectivity index (χ0n) is 10.8. The molecule has 0 N–H and O–H groups in total. The van der Waals surface area contributed by atoms with Crippen LogP contribution in [-0.4, -0.2) is 22.1 Å². The van der Waals surface area contributed by atoms with E-state index in [1.54, 1.807) is 0 Å². The van der Waals surface area contributed by atoms with Gasteiger partial charge < -0.3 is 9.30 Å². The van der Waals surface area contributed by atoms with E-state index in [2.05, 4.69) is 0 Å². The number of benzene rings is 1. The quantitative estimate of drug-likeness (QED) is 0.351. The van der Waals surface area contributed by atoms with Gasteiger partial charge in [-0.1, -0.05) is 0 Å². The Labute approximate surface area is 115 Å². The minimum atomic E-state index is -0.508. The number of rotatable bonds is 6. The SMILES string of the molecule is O=C(OCCCn1cccc1)c1ccc([N+](=O)[O-])cc1. The van der Waals surface area contributed by atoms with Crippen molar-refractivity contribution in [3.8, 4) is 0 Å². The van der Waals surface area contributed by atoms with Crippen LogP contribution in [0.15, 0.2) is 48.8 Å². The molecule has 6 nitrogen and oxygen atoms in total. The van der Waals surface area contributed by atoms with Gasteiger partial charge in [-0.15, -0.1) is 0 Å². The highest BCUT2D eigenvalue weighted by Crippen LogP contribution is 2.12.